The summed E-state index contributed by atoms with van der Waals surface area (Å²) >= 11 is 0. The molecule has 1 rings (SSSR count). The maximum atomic E-state index is 11.7. The molecule has 0 aliphatic carbocycles. The van der Waals surface area contributed by atoms with Crippen molar-refractivity contribution in [3.8, 4) is 11.8 Å². The molecule has 0 aliphatic rings. The van der Waals surface area contributed by atoms with Crippen molar-refractivity contribution in [1.82, 2.24) is 0 Å². The molecule has 0 aromatic heterocycles. The molecule has 0 radical (unpaired) electrons. The Kier molecular flexibility index (Phi) is 5.13. The molecule has 0 saturated carbocycles. The third kappa shape index (κ3) is 4.14. The predicted molar refractivity (Wildman–Crippen MR) is 72.5 cm³/mol. The molecule has 0 saturated heterocycles. The van der Waals surface area contributed by atoms with Gasteiger partial charge in [0, 0.05) is 5.56 Å². The first kappa shape index (κ1) is 14.8. The first-order valence-corrected chi connectivity index (χ1v) is 5.95. The number of carbonyl (C=O) groups is 1. The van der Waals surface area contributed by atoms with Crippen LogP contribution in [0.5, 0.6) is 5.75 Å². The summed E-state index contributed by atoms with van der Waals surface area (Å²) in [5, 5.41) is 9.04. The zero-order chi connectivity index (χ0) is 14.4. The Morgan fingerprint density at radius 3 is 2.63 bits per heavy atom. The van der Waals surface area contributed by atoms with Crippen LogP contribution in [0.15, 0.2) is 23.8 Å². The molecule has 0 aliphatic heterocycles. The first-order chi connectivity index (χ1) is 8.97. The molecule has 0 N–H and O–H groups in total. The van der Waals surface area contributed by atoms with Crippen molar-refractivity contribution in [2.75, 3.05) is 7.11 Å². The van der Waals surface area contributed by atoms with E-state index in [1.165, 1.54) is 6.08 Å². The molecule has 0 amide bonds. The molecule has 19 heavy (non-hydrogen) atoms. The lowest BCUT2D eigenvalue weighted by molar-refractivity contribution is -0.142. The molecule has 0 unspecified atom stereocenters. The fourth-order valence-corrected chi connectivity index (χ4v) is 1.54. The number of hydrogen-bond donors (Lipinski definition) is 0. The van der Waals surface area contributed by atoms with Gasteiger partial charge in [-0.15, -0.1) is 0 Å². The van der Waals surface area contributed by atoms with Crippen LogP contribution in [-0.2, 0) is 9.53 Å². The number of nitriles is 1. The first-order valence-electron chi connectivity index (χ1n) is 5.95. The highest BCUT2D eigenvalue weighted by Crippen LogP contribution is 2.22. The van der Waals surface area contributed by atoms with Crippen molar-refractivity contribution in [3.63, 3.8) is 0 Å². The number of carbonyl (C=O) groups excluding carboxylic acids is 1. The second-order valence-electron chi connectivity index (χ2n) is 4.37. The Hall–Kier alpha value is -2.28. The summed E-state index contributed by atoms with van der Waals surface area (Å²) in [4.78, 5) is 11.7. The van der Waals surface area contributed by atoms with Gasteiger partial charge in [0.2, 0.25) is 0 Å². The van der Waals surface area contributed by atoms with Crippen LogP contribution in [0.3, 0.4) is 0 Å². The van der Waals surface area contributed by atoms with E-state index in [9.17, 15) is 4.79 Å². The number of nitrogens with zero attached hydrogens (tertiary/aromatic N) is 1. The van der Waals surface area contributed by atoms with Crippen LogP contribution < -0.4 is 4.74 Å². The van der Waals surface area contributed by atoms with Gasteiger partial charge in [-0.1, -0.05) is 11.6 Å². The highest BCUT2D eigenvalue weighted by atomic mass is 16.5. The molecule has 4 nitrogen and oxygen atoms in total. The van der Waals surface area contributed by atoms with E-state index in [2.05, 4.69) is 0 Å². The summed E-state index contributed by atoms with van der Waals surface area (Å²) in [7, 11) is 1.54. The van der Waals surface area contributed by atoms with Gasteiger partial charge in [0.25, 0.3) is 0 Å². The van der Waals surface area contributed by atoms with E-state index in [1.807, 2.05) is 25.1 Å². The van der Waals surface area contributed by atoms with Crippen LogP contribution in [0.1, 0.15) is 25.0 Å². The topological polar surface area (TPSA) is 59.3 Å². The number of aryl methyl sites for hydroxylation is 1. The number of methoxy groups -OCH3 is 1. The van der Waals surface area contributed by atoms with Crippen molar-refractivity contribution in [2.45, 2.75) is 26.9 Å². The summed E-state index contributed by atoms with van der Waals surface area (Å²) in [5.74, 6) is -0.0169. The summed E-state index contributed by atoms with van der Waals surface area (Å²) in [6.45, 7) is 5.40. The number of esters is 1. The summed E-state index contributed by atoms with van der Waals surface area (Å²) in [5.41, 5.74) is 1.65. The van der Waals surface area contributed by atoms with Gasteiger partial charge in [-0.25, -0.2) is 4.79 Å². The lowest BCUT2D eigenvalue weighted by Gasteiger charge is -2.08. The molecule has 0 bridgehead atoms. The van der Waals surface area contributed by atoms with Gasteiger partial charge in [0.05, 0.1) is 13.2 Å². The lowest BCUT2D eigenvalue weighted by atomic mass is 10.1. The third-order valence-electron chi connectivity index (χ3n) is 2.37. The van der Waals surface area contributed by atoms with Crippen molar-refractivity contribution < 1.29 is 14.3 Å². The molecule has 1 aromatic carbocycles. The number of ether oxygens (including phenoxy) is 2. The van der Waals surface area contributed by atoms with Crippen molar-refractivity contribution >= 4 is 12.0 Å². The minimum absolute atomic E-state index is 0.0439. The predicted octanol–water partition coefficient (Wildman–Crippen LogP) is 2.86. The van der Waals surface area contributed by atoms with Crippen molar-refractivity contribution in [2.24, 2.45) is 0 Å². The summed E-state index contributed by atoms with van der Waals surface area (Å²) in [6, 6.07) is 7.40. The molecule has 0 heterocycles. The SMILES string of the molecule is COc1ccc(C)cc1/C=C(\C#N)C(=O)OC(C)C. The van der Waals surface area contributed by atoms with E-state index in [0.717, 1.165) is 5.56 Å². The van der Waals surface area contributed by atoms with Crippen LogP contribution in [-0.4, -0.2) is 19.2 Å². The van der Waals surface area contributed by atoms with Gasteiger partial charge < -0.3 is 9.47 Å². The number of hydrogen-bond acceptors (Lipinski definition) is 4. The van der Waals surface area contributed by atoms with Crippen LogP contribution in [0.2, 0.25) is 0 Å². The quantitative estimate of drug-likeness (QED) is 0.474. The number of rotatable bonds is 4. The Balaban J connectivity index is 3.14. The second kappa shape index (κ2) is 6.60. The van der Waals surface area contributed by atoms with Gasteiger partial charge in [-0.05, 0) is 39.0 Å². The molecule has 0 atom stereocenters. The molecular weight excluding hydrogens is 242 g/mol. The Bertz CT molecular complexity index is 539. The van der Waals surface area contributed by atoms with E-state index in [4.69, 9.17) is 14.7 Å². The fraction of sp³-hybridized carbons (Fsp3) is 0.333. The molecule has 1 aromatic rings. The second-order valence-corrected chi connectivity index (χ2v) is 4.37. The lowest BCUT2D eigenvalue weighted by Crippen LogP contribution is -2.12. The zero-order valence-electron chi connectivity index (χ0n) is 11.6. The average molecular weight is 259 g/mol. The van der Waals surface area contributed by atoms with Crippen molar-refractivity contribution in [3.05, 3.63) is 34.9 Å². The standard InChI is InChI=1S/C15H17NO3/c1-10(2)19-15(17)13(9-16)8-12-7-11(3)5-6-14(12)18-4/h5-8,10H,1-4H3/b13-8+. The highest BCUT2D eigenvalue weighted by Gasteiger charge is 2.13. The van der Waals surface area contributed by atoms with Gasteiger partial charge in [-0.2, -0.15) is 5.26 Å². The minimum atomic E-state index is -0.624. The van der Waals surface area contributed by atoms with Crippen LogP contribution in [0.4, 0.5) is 0 Å². The maximum Gasteiger partial charge on any atom is 0.349 e. The van der Waals surface area contributed by atoms with Crippen LogP contribution >= 0.6 is 0 Å². The monoisotopic (exact) mass is 259 g/mol. The van der Waals surface area contributed by atoms with E-state index in [-0.39, 0.29) is 11.7 Å². The zero-order valence-corrected chi connectivity index (χ0v) is 11.6. The van der Waals surface area contributed by atoms with Gasteiger partial charge in [0.1, 0.15) is 17.4 Å². The van der Waals surface area contributed by atoms with Gasteiger partial charge in [-0.3, -0.25) is 0 Å². The Labute approximate surface area is 113 Å². The van der Waals surface area contributed by atoms with E-state index >= 15 is 0 Å². The molecule has 0 fully saturated rings. The largest absolute Gasteiger partial charge is 0.496 e. The van der Waals surface area contributed by atoms with Gasteiger partial charge in [0.15, 0.2) is 0 Å². The summed E-state index contributed by atoms with van der Waals surface area (Å²) in [6.07, 6.45) is 1.22. The highest BCUT2D eigenvalue weighted by molar-refractivity contribution is 5.98. The fourth-order valence-electron chi connectivity index (χ4n) is 1.54. The van der Waals surface area contributed by atoms with Gasteiger partial charge >= 0.3 is 5.97 Å². The van der Waals surface area contributed by atoms with E-state index in [0.29, 0.717) is 11.3 Å². The molecule has 4 heteroatoms. The van der Waals surface area contributed by atoms with Crippen molar-refractivity contribution in [1.29, 1.82) is 5.26 Å². The van der Waals surface area contributed by atoms with Crippen LogP contribution in [0, 0.1) is 18.3 Å². The smallest absolute Gasteiger partial charge is 0.349 e. The Morgan fingerprint density at radius 1 is 1.42 bits per heavy atom. The summed E-state index contributed by atoms with van der Waals surface area (Å²) < 4.78 is 10.2. The number of benzene rings is 1. The molecular formula is C15H17NO3. The maximum absolute atomic E-state index is 11.7. The normalized spacial score (nSPS) is 11.1. The van der Waals surface area contributed by atoms with E-state index in [1.54, 1.807) is 27.0 Å². The average Bonchev–Trinajstić information content (AvgIpc) is 2.35. The third-order valence-corrected chi connectivity index (χ3v) is 2.37. The molecule has 100 valence electrons. The molecule has 0 spiro atoms. The Morgan fingerprint density at radius 2 is 2.11 bits per heavy atom. The van der Waals surface area contributed by atoms with E-state index < -0.39 is 5.97 Å². The minimum Gasteiger partial charge on any atom is -0.496 e. The van der Waals surface area contributed by atoms with Crippen LogP contribution in [0.25, 0.3) is 6.08 Å².